The van der Waals surface area contributed by atoms with Crippen LogP contribution in [-0.2, 0) is 26.2 Å². The maximum Gasteiger partial charge on any atom is 0.264 e. The molecule has 2 amide bonds. The van der Waals surface area contributed by atoms with Crippen molar-refractivity contribution in [2.75, 3.05) is 10.8 Å². The minimum atomic E-state index is -4.22. The third kappa shape index (κ3) is 7.69. The van der Waals surface area contributed by atoms with Gasteiger partial charge in [-0.25, -0.2) is 8.42 Å². The van der Waals surface area contributed by atoms with Crippen molar-refractivity contribution in [3.05, 3.63) is 92.9 Å². The van der Waals surface area contributed by atoms with Gasteiger partial charge in [0.1, 0.15) is 12.6 Å². The number of aryl methyl sites for hydroxylation is 1. The van der Waals surface area contributed by atoms with Crippen molar-refractivity contribution >= 4 is 62.3 Å². The third-order valence-electron chi connectivity index (χ3n) is 6.16. The van der Waals surface area contributed by atoms with Crippen LogP contribution in [0.25, 0.3) is 0 Å². The van der Waals surface area contributed by atoms with Crippen LogP contribution in [0.3, 0.4) is 0 Å². The number of para-hydroxylation sites is 1. The summed E-state index contributed by atoms with van der Waals surface area (Å²) in [6.07, 6.45) is 0.294. The number of rotatable bonds is 11. The van der Waals surface area contributed by atoms with E-state index in [0.29, 0.717) is 22.0 Å². The summed E-state index contributed by atoms with van der Waals surface area (Å²) in [6, 6.07) is 16.6. The molecule has 0 aromatic heterocycles. The molecule has 7 nitrogen and oxygen atoms in total. The number of halogens is 3. The van der Waals surface area contributed by atoms with Crippen LogP contribution in [0.5, 0.6) is 0 Å². The van der Waals surface area contributed by atoms with Crippen molar-refractivity contribution in [2.45, 2.75) is 57.6 Å². The second kappa shape index (κ2) is 13.7. The fourth-order valence-corrected chi connectivity index (χ4v) is 6.18. The average molecular weight is 625 g/mol. The summed E-state index contributed by atoms with van der Waals surface area (Å²) in [5.41, 5.74) is 1.66. The van der Waals surface area contributed by atoms with E-state index in [1.54, 1.807) is 55.5 Å². The summed E-state index contributed by atoms with van der Waals surface area (Å²) in [7, 11) is -4.22. The SMILES string of the molecule is CC[C@@H](C(=O)NC(C)C)N(Cc1ccc(Cl)c(Cl)c1)C(=O)CN(c1ccccc1Cl)S(=O)(=O)c1ccc(C)cc1. The molecule has 0 aliphatic heterocycles. The van der Waals surface area contributed by atoms with E-state index in [-0.39, 0.29) is 34.1 Å². The molecule has 0 saturated heterocycles. The zero-order valence-electron chi connectivity index (χ0n) is 22.7. The second-order valence-corrected chi connectivity index (χ2v) is 12.7. The van der Waals surface area contributed by atoms with Gasteiger partial charge >= 0.3 is 0 Å². The number of hydrogen-bond acceptors (Lipinski definition) is 4. The van der Waals surface area contributed by atoms with Crippen molar-refractivity contribution in [1.82, 2.24) is 10.2 Å². The van der Waals surface area contributed by atoms with E-state index in [4.69, 9.17) is 34.8 Å². The Balaban J connectivity index is 2.09. The van der Waals surface area contributed by atoms with Gasteiger partial charge in [-0.15, -0.1) is 0 Å². The van der Waals surface area contributed by atoms with E-state index in [1.807, 2.05) is 20.8 Å². The number of anilines is 1. The highest BCUT2D eigenvalue weighted by Gasteiger charge is 2.34. The van der Waals surface area contributed by atoms with Crippen LogP contribution in [-0.4, -0.2) is 43.8 Å². The zero-order chi connectivity index (χ0) is 29.6. The van der Waals surface area contributed by atoms with Gasteiger partial charge in [-0.05, 0) is 69.2 Å². The molecule has 11 heteroatoms. The minimum absolute atomic E-state index is 0.000680. The molecule has 214 valence electrons. The van der Waals surface area contributed by atoms with E-state index in [0.717, 1.165) is 9.87 Å². The average Bonchev–Trinajstić information content (AvgIpc) is 2.89. The number of carbonyl (C=O) groups is 2. The number of carbonyl (C=O) groups excluding carboxylic acids is 2. The topological polar surface area (TPSA) is 86.8 Å². The molecular weight excluding hydrogens is 593 g/mol. The summed E-state index contributed by atoms with van der Waals surface area (Å²) >= 11 is 18.7. The molecule has 3 aromatic carbocycles. The standard InChI is InChI=1S/C29H32Cl3N3O4S/c1-5-26(29(37)33-19(2)3)34(17-21-12-15-23(30)25(32)16-21)28(36)18-35(27-9-7-6-8-24(27)31)40(38,39)22-13-10-20(4)11-14-22/h6-16,19,26H,5,17-18H2,1-4H3,(H,33,37)/t26-/m0/s1. The van der Waals surface area contributed by atoms with E-state index in [1.165, 1.54) is 23.1 Å². The maximum absolute atomic E-state index is 14.1. The summed E-state index contributed by atoms with van der Waals surface area (Å²) < 4.78 is 28.8. The quantitative estimate of drug-likeness (QED) is 0.265. The van der Waals surface area contributed by atoms with Crippen LogP contribution in [0, 0.1) is 6.92 Å². The van der Waals surface area contributed by atoms with Crippen LogP contribution in [0.1, 0.15) is 38.3 Å². The Hall–Kier alpha value is -2.78. The number of nitrogens with one attached hydrogen (secondary N) is 1. The van der Waals surface area contributed by atoms with Crippen LogP contribution < -0.4 is 9.62 Å². The van der Waals surface area contributed by atoms with Crippen molar-refractivity contribution in [1.29, 1.82) is 0 Å². The van der Waals surface area contributed by atoms with Crippen LogP contribution in [0.2, 0.25) is 15.1 Å². The van der Waals surface area contributed by atoms with Crippen LogP contribution in [0.4, 0.5) is 5.69 Å². The predicted molar refractivity (Wildman–Crippen MR) is 162 cm³/mol. The molecule has 0 spiro atoms. The lowest BCUT2D eigenvalue weighted by molar-refractivity contribution is -0.140. The molecule has 0 bridgehead atoms. The Labute approximate surface area is 251 Å². The third-order valence-corrected chi connectivity index (χ3v) is 9.00. The molecule has 3 aromatic rings. The lowest BCUT2D eigenvalue weighted by Gasteiger charge is -2.33. The van der Waals surface area contributed by atoms with Crippen LogP contribution in [0.15, 0.2) is 71.6 Å². The van der Waals surface area contributed by atoms with E-state index in [2.05, 4.69) is 5.32 Å². The Morgan fingerprint density at radius 3 is 2.12 bits per heavy atom. The lowest BCUT2D eigenvalue weighted by atomic mass is 10.1. The van der Waals surface area contributed by atoms with Gasteiger partial charge in [0.15, 0.2) is 0 Å². The monoisotopic (exact) mass is 623 g/mol. The van der Waals surface area contributed by atoms with E-state index in [9.17, 15) is 18.0 Å². The van der Waals surface area contributed by atoms with Gasteiger partial charge < -0.3 is 10.2 Å². The molecule has 3 rings (SSSR count). The second-order valence-electron chi connectivity index (χ2n) is 9.63. The van der Waals surface area contributed by atoms with Gasteiger partial charge in [-0.2, -0.15) is 0 Å². The highest BCUT2D eigenvalue weighted by molar-refractivity contribution is 7.92. The molecule has 0 fully saturated rings. The van der Waals surface area contributed by atoms with Crippen molar-refractivity contribution in [3.8, 4) is 0 Å². The molecule has 1 atom stereocenters. The Morgan fingerprint density at radius 1 is 0.900 bits per heavy atom. The van der Waals surface area contributed by atoms with Gasteiger partial charge in [-0.3, -0.25) is 13.9 Å². The van der Waals surface area contributed by atoms with Gasteiger partial charge in [0.2, 0.25) is 11.8 Å². The molecule has 1 N–H and O–H groups in total. The smallest absolute Gasteiger partial charge is 0.264 e. The minimum Gasteiger partial charge on any atom is -0.352 e. The largest absolute Gasteiger partial charge is 0.352 e. The lowest BCUT2D eigenvalue weighted by Crippen LogP contribution is -2.53. The Kier molecular flexibility index (Phi) is 10.9. The van der Waals surface area contributed by atoms with Crippen molar-refractivity contribution in [2.24, 2.45) is 0 Å². The number of hydrogen-bond donors (Lipinski definition) is 1. The molecule has 0 radical (unpaired) electrons. The molecule has 40 heavy (non-hydrogen) atoms. The first-order valence-electron chi connectivity index (χ1n) is 12.7. The van der Waals surface area contributed by atoms with E-state index >= 15 is 0 Å². The van der Waals surface area contributed by atoms with Gasteiger partial charge in [-0.1, -0.05) is 77.6 Å². The number of nitrogens with zero attached hydrogens (tertiary/aromatic N) is 2. The maximum atomic E-state index is 14.1. The fourth-order valence-electron chi connectivity index (χ4n) is 4.14. The van der Waals surface area contributed by atoms with Crippen molar-refractivity contribution in [3.63, 3.8) is 0 Å². The summed E-state index contributed by atoms with van der Waals surface area (Å²) in [6.45, 7) is 6.69. The van der Waals surface area contributed by atoms with Gasteiger partial charge in [0, 0.05) is 12.6 Å². The number of sulfonamides is 1. The van der Waals surface area contributed by atoms with Gasteiger partial charge in [0.05, 0.1) is 25.7 Å². The molecule has 0 heterocycles. The van der Waals surface area contributed by atoms with Crippen LogP contribution >= 0.6 is 34.8 Å². The highest BCUT2D eigenvalue weighted by Crippen LogP contribution is 2.31. The molecular formula is C29H32Cl3N3O4S. The summed E-state index contributed by atoms with van der Waals surface area (Å²) in [5, 5.41) is 3.66. The first kappa shape index (κ1) is 31.7. The first-order chi connectivity index (χ1) is 18.8. The highest BCUT2D eigenvalue weighted by atomic mass is 35.5. The molecule has 0 saturated carbocycles. The predicted octanol–water partition coefficient (Wildman–Crippen LogP) is 6.48. The molecule has 0 unspecified atom stereocenters. The molecule has 0 aliphatic rings. The Bertz CT molecular complexity index is 1460. The molecule has 0 aliphatic carbocycles. The number of amides is 2. The fraction of sp³-hybridized carbons (Fsp3) is 0.310. The summed E-state index contributed by atoms with van der Waals surface area (Å²) in [4.78, 5) is 28.6. The first-order valence-corrected chi connectivity index (χ1v) is 15.3. The normalized spacial score (nSPS) is 12.2. The van der Waals surface area contributed by atoms with Gasteiger partial charge in [0.25, 0.3) is 10.0 Å². The zero-order valence-corrected chi connectivity index (χ0v) is 25.8. The number of benzene rings is 3. The summed E-state index contributed by atoms with van der Waals surface area (Å²) in [5.74, 6) is -0.941. The Morgan fingerprint density at radius 2 is 1.55 bits per heavy atom. The van der Waals surface area contributed by atoms with E-state index < -0.39 is 28.5 Å². The van der Waals surface area contributed by atoms with Crippen molar-refractivity contribution < 1.29 is 18.0 Å².